The molecule has 0 fully saturated rings. The number of carbonyl (C=O) groups excluding carboxylic acids is 1. The fourth-order valence-electron chi connectivity index (χ4n) is 2.07. The summed E-state index contributed by atoms with van der Waals surface area (Å²) >= 11 is 6.70. The predicted molar refractivity (Wildman–Crippen MR) is 108 cm³/mol. The van der Waals surface area contributed by atoms with Crippen LogP contribution in [0.3, 0.4) is 0 Å². The summed E-state index contributed by atoms with van der Waals surface area (Å²) in [7, 11) is -0.808. The highest BCUT2D eigenvalue weighted by atomic mass is 32.2. The third-order valence-corrected chi connectivity index (χ3v) is 6.28. The summed E-state index contributed by atoms with van der Waals surface area (Å²) in [6.07, 6.45) is 0.790. The monoisotopic (exact) mass is 413 g/mol. The van der Waals surface area contributed by atoms with Crippen LogP contribution in [0.2, 0.25) is 0 Å². The zero-order valence-electron chi connectivity index (χ0n) is 14.5. The minimum absolute atomic E-state index is 0.156. The number of hydrogen-bond acceptors (Lipinski definition) is 6. The second-order valence-electron chi connectivity index (χ2n) is 5.11. The Labute approximate surface area is 161 Å². The number of thiocarbonyl (C=S) groups is 1. The molecule has 140 valence electrons. The van der Waals surface area contributed by atoms with Crippen LogP contribution in [-0.4, -0.2) is 33.7 Å². The molecule has 26 heavy (non-hydrogen) atoms. The van der Waals surface area contributed by atoms with Gasteiger partial charge in [0, 0.05) is 10.6 Å². The third kappa shape index (κ3) is 4.79. The Kier molecular flexibility index (Phi) is 6.70. The second kappa shape index (κ2) is 8.58. The first kappa shape index (κ1) is 20.3. The molecule has 0 radical (unpaired) electrons. The van der Waals surface area contributed by atoms with Gasteiger partial charge in [-0.3, -0.25) is 0 Å². The van der Waals surface area contributed by atoms with E-state index in [-0.39, 0.29) is 10.0 Å². The normalized spacial score (nSPS) is 11.0. The maximum absolute atomic E-state index is 11.9. The highest BCUT2D eigenvalue weighted by Crippen LogP contribution is 2.29. The number of sulfonamides is 1. The molecule has 0 atom stereocenters. The number of anilines is 2. The number of rotatable bonds is 6. The largest absolute Gasteiger partial charge is 0.465 e. The van der Waals surface area contributed by atoms with Crippen molar-refractivity contribution in [2.45, 2.75) is 18.2 Å². The number of ether oxygens (including phenoxy) is 1. The first-order chi connectivity index (χ1) is 12.3. The van der Waals surface area contributed by atoms with Crippen molar-refractivity contribution in [3.8, 4) is 0 Å². The maximum atomic E-state index is 11.9. The van der Waals surface area contributed by atoms with Crippen molar-refractivity contribution in [1.82, 2.24) is 4.72 Å². The molecule has 0 aliphatic rings. The molecule has 2 aromatic rings. The van der Waals surface area contributed by atoms with Gasteiger partial charge in [-0.1, -0.05) is 6.92 Å². The Bertz CT molecular complexity index is 905. The Morgan fingerprint density at radius 3 is 2.42 bits per heavy atom. The van der Waals surface area contributed by atoms with Gasteiger partial charge in [0.25, 0.3) is 0 Å². The van der Waals surface area contributed by atoms with Gasteiger partial charge in [0.15, 0.2) is 5.11 Å². The van der Waals surface area contributed by atoms with Crippen molar-refractivity contribution >= 4 is 55.3 Å². The van der Waals surface area contributed by atoms with E-state index in [9.17, 15) is 13.2 Å². The first-order valence-electron chi connectivity index (χ1n) is 7.63. The van der Waals surface area contributed by atoms with Gasteiger partial charge in [-0.15, -0.1) is 11.3 Å². The number of hydrogen-bond donors (Lipinski definition) is 3. The van der Waals surface area contributed by atoms with Gasteiger partial charge in [0.05, 0.1) is 17.6 Å². The molecule has 1 aromatic carbocycles. The van der Waals surface area contributed by atoms with Gasteiger partial charge in [-0.25, -0.2) is 17.9 Å². The van der Waals surface area contributed by atoms with Crippen molar-refractivity contribution in [3.63, 3.8) is 0 Å². The predicted octanol–water partition coefficient (Wildman–Crippen LogP) is 2.81. The fourth-order valence-corrected chi connectivity index (χ4v) is 4.07. The molecule has 0 saturated carbocycles. The van der Waals surface area contributed by atoms with Gasteiger partial charge in [-0.2, -0.15) is 0 Å². The lowest BCUT2D eigenvalue weighted by atomic mass is 10.2. The SMILES string of the molecule is CCc1cc(C(=O)OC)c(NC(=S)Nc2ccc(S(=O)(=O)NC)cc2)s1. The molecular formula is C16H19N3O4S3. The third-order valence-electron chi connectivity index (χ3n) is 3.46. The average Bonchev–Trinajstić information content (AvgIpc) is 3.04. The Hall–Kier alpha value is -2.01. The number of carbonyl (C=O) groups is 1. The zero-order chi connectivity index (χ0) is 19.3. The van der Waals surface area contributed by atoms with Gasteiger partial charge < -0.3 is 15.4 Å². The molecule has 0 saturated heterocycles. The number of nitrogens with one attached hydrogen (secondary N) is 3. The lowest BCUT2D eigenvalue weighted by Gasteiger charge is -2.11. The maximum Gasteiger partial charge on any atom is 0.340 e. The van der Waals surface area contributed by atoms with Crippen LogP contribution in [0.15, 0.2) is 35.2 Å². The number of methoxy groups -OCH3 is 1. The average molecular weight is 414 g/mol. The summed E-state index contributed by atoms with van der Waals surface area (Å²) in [5.74, 6) is -0.437. The quantitative estimate of drug-likeness (QED) is 0.495. The number of aryl methyl sites for hydroxylation is 1. The van der Waals surface area contributed by atoms with Crippen LogP contribution in [-0.2, 0) is 21.2 Å². The van der Waals surface area contributed by atoms with Crippen LogP contribution in [0.25, 0.3) is 0 Å². The second-order valence-corrected chi connectivity index (χ2v) is 8.54. The molecule has 0 aliphatic heterocycles. The van der Waals surface area contributed by atoms with E-state index in [1.807, 2.05) is 6.92 Å². The Morgan fingerprint density at radius 1 is 1.23 bits per heavy atom. The Balaban J connectivity index is 2.12. The van der Waals surface area contributed by atoms with E-state index < -0.39 is 16.0 Å². The van der Waals surface area contributed by atoms with Crippen molar-refractivity contribution in [3.05, 3.63) is 40.8 Å². The smallest absolute Gasteiger partial charge is 0.340 e. The lowest BCUT2D eigenvalue weighted by molar-refractivity contribution is 0.0602. The molecule has 0 bridgehead atoms. The highest BCUT2D eigenvalue weighted by Gasteiger charge is 2.17. The lowest BCUT2D eigenvalue weighted by Crippen LogP contribution is -2.20. The summed E-state index contributed by atoms with van der Waals surface area (Å²) < 4.78 is 30.5. The molecular weight excluding hydrogens is 394 g/mol. The minimum atomic E-state index is -3.49. The van der Waals surface area contributed by atoms with E-state index in [4.69, 9.17) is 17.0 Å². The van der Waals surface area contributed by atoms with Crippen LogP contribution in [0.4, 0.5) is 10.7 Å². The summed E-state index contributed by atoms with van der Waals surface area (Å²) in [6, 6.07) is 7.92. The van der Waals surface area contributed by atoms with E-state index >= 15 is 0 Å². The molecule has 0 spiro atoms. The van der Waals surface area contributed by atoms with E-state index in [1.165, 1.54) is 37.6 Å². The van der Waals surface area contributed by atoms with E-state index in [1.54, 1.807) is 18.2 Å². The van der Waals surface area contributed by atoms with Crippen molar-refractivity contribution in [2.75, 3.05) is 24.8 Å². The summed E-state index contributed by atoms with van der Waals surface area (Å²) in [6.45, 7) is 1.99. The Morgan fingerprint density at radius 2 is 1.88 bits per heavy atom. The van der Waals surface area contributed by atoms with E-state index in [0.29, 0.717) is 16.3 Å². The van der Waals surface area contributed by atoms with E-state index in [0.717, 1.165) is 11.3 Å². The topological polar surface area (TPSA) is 96.5 Å². The molecule has 1 heterocycles. The molecule has 2 rings (SSSR count). The van der Waals surface area contributed by atoms with Gasteiger partial charge >= 0.3 is 5.97 Å². The summed E-state index contributed by atoms with van der Waals surface area (Å²) in [5, 5.41) is 6.83. The zero-order valence-corrected chi connectivity index (χ0v) is 16.9. The first-order valence-corrected chi connectivity index (χ1v) is 10.3. The van der Waals surface area contributed by atoms with Gasteiger partial charge in [0.1, 0.15) is 5.00 Å². The van der Waals surface area contributed by atoms with Gasteiger partial charge in [-0.05, 0) is 56.0 Å². The molecule has 7 nitrogen and oxygen atoms in total. The number of thiophene rings is 1. The standard InChI is InChI=1S/C16H19N3O4S3/c1-4-11-9-13(15(20)23-3)14(25-11)19-16(24)18-10-5-7-12(8-6-10)26(21,22)17-2/h5-9,17H,4H2,1-3H3,(H2,18,19,24). The van der Waals surface area contributed by atoms with Crippen LogP contribution in [0.5, 0.6) is 0 Å². The van der Waals surface area contributed by atoms with Crippen molar-refractivity contribution < 1.29 is 17.9 Å². The number of esters is 1. The molecule has 0 amide bonds. The van der Waals surface area contributed by atoms with Crippen molar-refractivity contribution in [2.24, 2.45) is 0 Å². The number of benzene rings is 1. The van der Waals surface area contributed by atoms with Gasteiger partial charge in [0.2, 0.25) is 10.0 Å². The minimum Gasteiger partial charge on any atom is -0.465 e. The van der Waals surface area contributed by atoms with Crippen LogP contribution in [0, 0.1) is 0 Å². The van der Waals surface area contributed by atoms with Crippen LogP contribution in [0.1, 0.15) is 22.2 Å². The molecule has 0 aliphatic carbocycles. The van der Waals surface area contributed by atoms with Crippen molar-refractivity contribution in [1.29, 1.82) is 0 Å². The van der Waals surface area contributed by atoms with E-state index in [2.05, 4.69) is 15.4 Å². The van der Waals surface area contributed by atoms with Crippen LogP contribution >= 0.6 is 23.6 Å². The fraction of sp³-hybridized carbons (Fsp3) is 0.250. The van der Waals surface area contributed by atoms with Crippen LogP contribution < -0.4 is 15.4 Å². The summed E-state index contributed by atoms with van der Waals surface area (Å²) in [4.78, 5) is 13.1. The highest BCUT2D eigenvalue weighted by molar-refractivity contribution is 7.89. The molecule has 3 N–H and O–H groups in total. The molecule has 0 unspecified atom stereocenters. The molecule has 10 heteroatoms. The molecule has 1 aromatic heterocycles. The summed E-state index contributed by atoms with van der Waals surface area (Å²) in [5.41, 5.74) is 1.04.